The van der Waals surface area contributed by atoms with E-state index >= 15 is 0 Å². The Balaban J connectivity index is 1.71. The van der Waals surface area contributed by atoms with E-state index in [1.165, 1.54) is 12.0 Å². The lowest BCUT2D eigenvalue weighted by atomic mass is 9.98. The largest absolute Gasteiger partial charge is 0.393 e. The van der Waals surface area contributed by atoms with Gasteiger partial charge < -0.3 is 14.6 Å². The molecule has 0 amide bonds. The van der Waals surface area contributed by atoms with Gasteiger partial charge in [0.2, 0.25) is 0 Å². The summed E-state index contributed by atoms with van der Waals surface area (Å²) in [6.07, 6.45) is 4.83. The molecule has 1 aromatic carbocycles. The topological polar surface area (TPSA) is 38.7 Å². The van der Waals surface area contributed by atoms with Gasteiger partial charge in [-0.15, -0.1) is 0 Å². The van der Waals surface area contributed by atoms with E-state index in [0.29, 0.717) is 19.6 Å². The van der Waals surface area contributed by atoms with Crippen molar-refractivity contribution >= 4 is 0 Å². The Morgan fingerprint density at radius 2 is 1.95 bits per heavy atom. The zero-order valence-corrected chi connectivity index (χ0v) is 12.3. The Labute approximate surface area is 121 Å². The molecule has 3 nitrogen and oxygen atoms in total. The van der Waals surface area contributed by atoms with Crippen molar-refractivity contribution in [2.75, 3.05) is 6.61 Å². The Bertz CT molecular complexity index is 366. The number of hydrogen-bond acceptors (Lipinski definition) is 3. The molecule has 0 bridgehead atoms. The zero-order valence-electron chi connectivity index (χ0n) is 12.3. The molecule has 112 valence electrons. The van der Waals surface area contributed by atoms with Crippen LogP contribution in [0.1, 0.15) is 44.6 Å². The molecule has 0 saturated carbocycles. The minimum absolute atomic E-state index is 0.0318. The summed E-state index contributed by atoms with van der Waals surface area (Å²) < 4.78 is 11.7. The predicted molar refractivity (Wildman–Crippen MR) is 79.5 cm³/mol. The number of aliphatic hydroxyl groups excluding tert-OH is 1. The first kappa shape index (κ1) is 15.5. The maximum absolute atomic E-state index is 9.93. The van der Waals surface area contributed by atoms with Gasteiger partial charge in [0.1, 0.15) is 0 Å². The number of unbranched alkanes of at least 4 members (excludes halogenated alkanes) is 1. The lowest BCUT2D eigenvalue weighted by Crippen LogP contribution is -2.38. The van der Waals surface area contributed by atoms with Crippen LogP contribution in [0.3, 0.4) is 0 Å². The van der Waals surface area contributed by atoms with E-state index in [9.17, 15) is 5.11 Å². The van der Waals surface area contributed by atoms with Crippen molar-refractivity contribution in [2.45, 2.75) is 63.9 Å². The van der Waals surface area contributed by atoms with Crippen LogP contribution < -0.4 is 0 Å². The van der Waals surface area contributed by atoms with Crippen molar-refractivity contribution in [1.29, 1.82) is 0 Å². The average molecular weight is 278 g/mol. The van der Waals surface area contributed by atoms with Gasteiger partial charge in [0.05, 0.1) is 31.5 Å². The van der Waals surface area contributed by atoms with Gasteiger partial charge in [-0.2, -0.15) is 0 Å². The fourth-order valence-electron chi connectivity index (χ4n) is 2.69. The first-order chi connectivity index (χ1) is 9.78. The lowest BCUT2D eigenvalue weighted by molar-refractivity contribution is -0.125. The third kappa shape index (κ3) is 5.23. The lowest BCUT2D eigenvalue weighted by Gasteiger charge is -2.33. The molecule has 3 atom stereocenters. The molecule has 0 spiro atoms. The number of hydrogen-bond donors (Lipinski definition) is 1. The van der Waals surface area contributed by atoms with Crippen LogP contribution in [0.25, 0.3) is 0 Å². The summed E-state index contributed by atoms with van der Waals surface area (Å²) >= 11 is 0. The maximum Gasteiger partial charge on any atom is 0.0837 e. The van der Waals surface area contributed by atoms with Crippen LogP contribution >= 0.6 is 0 Å². The second-order valence-corrected chi connectivity index (χ2v) is 5.65. The van der Waals surface area contributed by atoms with Crippen LogP contribution in [0.2, 0.25) is 0 Å². The van der Waals surface area contributed by atoms with Crippen molar-refractivity contribution in [1.82, 2.24) is 0 Å². The Morgan fingerprint density at radius 1 is 1.20 bits per heavy atom. The Kier molecular flexibility index (Phi) is 6.51. The van der Waals surface area contributed by atoms with Gasteiger partial charge >= 0.3 is 0 Å². The fraction of sp³-hybridized carbons (Fsp3) is 0.647. The van der Waals surface area contributed by atoms with Gasteiger partial charge in [-0.1, -0.05) is 50.1 Å². The smallest absolute Gasteiger partial charge is 0.0837 e. The molecule has 0 unspecified atom stereocenters. The SMILES string of the molecule is CCCC[C@@H]1C[C@H](O)C[C@H](COCc2ccccc2)O1. The van der Waals surface area contributed by atoms with Crippen LogP contribution in [-0.2, 0) is 16.1 Å². The minimum Gasteiger partial charge on any atom is -0.393 e. The van der Waals surface area contributed by atoms with Crippen LogP contribution in [-0.4, -0.2) is 30.0 Å². The molecular weight excluding hydrogens is 252 g/mol. The molecule has 1 aliphatic heterocycles. The van der Waals surface area contributed by atoms with Crippen LogP contribution in [0, 0.1) is 0 Å². The summed E-state index contributed by atoms with van der Waals surface area (Å²) in [5.74, 6) is 0. The number of aliphatic hydroxyl groups is 1. The van der Waals surface area contributed by atoms with Crippen molar-refractivity contribution in [3.8, 4) is 0 Å². The minimum atomic E-state index is -0.240. The molecule has 1 aliphatic rings. The molecule has 1 N–H and O–H groups in total. The summed E-state index contributed by atoms with van der Waals surface area (Å²) in [5, 5.41) is 9.93. The number of benzene rings is 1. The highest BCUT2D eigenvalue weighted by Gasteiger charge is 2.27. The average Bonchev–Trinajstić information content (AvgIpc) is 2.46. The van der Waals surface area contributed by atoms with E-state index < -0.39 is 0 Å². The van der Waals surface area contributed by atoms with Crippen molar-refractivity contribution in [3.05, 3.63) is 35.9 Å². The standard InChI is InChI=1S/C17H26O3/c1-2-3-9-16-10-15(18)11-17(20-16)13-19-12-14-7-5-4-6-8-14/h4-8,15-18H,2-3,9-13H2,1H3/t15-,16+,17+/m0/s1. The third-order valence-corrected chi connectivity index (χ3v) is 3.75. The maximum atomic E-state index is 9.93. The quantitative estimate of drug-likeness (QED) is 0.831. The van der Waals surface area contributed by atoms with Crippen LogP contribution in [0.4, 0.5) is 0 Å². The second-order valence-electron chi connectivity index (χ2n) is 5.65. The van der Waals surface area contributed by atoms with Gasteiger partial charge in [0.15, 0.2) is 0 Å². The summed E-state index contributed by atoms with van der Waals surface area (Å²) in [6.45, 7) is 3.35. The first-order valence-electron chi connectivity index (χ1n) is 7.73. The first-order valence-corrected chi connectivity index (χ1v) is 7.73. The summed E-state index contributed by atoms with van der Waals surface area (Å²) in [6, 6.07) is 10.1. The Morgan fingerprint density at radius 3 is 2.70 bits per heavy atom. The van der Waals surface area contributed by atoms with Crippen molar-refractivity contribution < 1.29 is 14.6 Å². The van der Waals surface area contributed by atoms with Crippen LogP contribution in [0.15, 0.2) is 30.3 Å². The number of ether oxygens (including phenoxy) is 2. The summed E-state index contributed by atoms with van der Waals surface area (Å²) in [5.41, 5.74) is 1.17. The van der Waals surface area contributed by atoms with Gasteiger partial charge in [0.25, 0.3) is 0 Å². The zero-order chi connectivity index (χ0) is 14.2. The fourth-order valence-corrected chi connectivity index (χ4v) is 2.69. The molecule has 0 radical (unpaired) electrons. The molecule has 1 heterocycles. The highest BCUT2D eigenvalue weighted by molar-refractivity contribution is 5.13. The molecular formula is C17H26O3. The van der Waals surface area contributed by atoms with E-state index in [0.717, 1.165) is 19.3 Å². The van der Waals surface area contributed by atoms with Gasteiger partial charge in [-0.3, -0.25) is 0 Å². The molecule has 1 aromatic rings. The summed E-state index contributed by atoms with van der Waals surface area (Å²) in [4.78, 5) is 0. The Hall–Kier alpha value is -0.900. The van der Waals surface area contributed by atoms with Gasteiger partial charge in [-0.25, -0.2) is 0 Å². The summed E-state index contributed by atoms with van der Waals surface area (Å²) in [7, 11) is 0. The van der Waals surface area contributed by atoms with E-state index in [4.69, 9.17) is 9.47 Å². The predicted octanol–water partition coefficient (Wildman–Crippen LogP) is 3.30. The second kappa shape index (κ2) is 8.40. The monoisotopic (exact) mass is 278 g/mol. The van der Waals surface area contributed by atoms with E-state index in [1.807, 2.05) is 18.2 Å². The third-order valence-electron chi connectivity index (χ3n) is 3.75. The molecule has 3 heteroatoms. The molecule has 2 rings (SSSR count). The highest BCUT2D eigenvalue weighted by atomic mass is 16.5. The normalized spacial score (nSPS) is 26.6. The molecule has 1 saturated heterocycles. The molecule has 0 aromatic heterocycles. The van der Waals surface area contributed by atoms with E-state index in [2.05, 4.69) is 19.1 Å². The van der Waals surface area contributed by atoms with Gasteiger partial charge in [-0.05, 0) is 18.4 Å². The number of rotatable bonds is 7. The van der Waals surface area contributed by atoms with E-state index in [-0.39, 0.29) is 18.3 Å². The van der Waals surface area contributed by atoms with E-state index in [1.54, 1.807) is 0 Å². The van der Waals surface area contributed by atoms with Gasteiger partial charge in [0, 0.05) is 6.42 Å². The highest BCUT2D eigenvalue weighted by Crippen LogP contribution is 2.23. The van der Waals surface area contributed by atoms with Crippen molar-refractivity contribution in [3.63, 3.8) is 0 Å². The molecule has 0 aliphatic carbocycles. The van der Waals surface area contributed by atoms with Crippen LogP contribution in [0.5, 0.6) is 0 Å². The molecule has 20 heavy (non-hydrogen) atoms. The molecule has 1 fully saturated rings. The van der Waals surface area contributed by atoms with Crippen molar-refractivity contribution in [2.24, 2.45) is 0 Å².